The topological polar surface area (TPSA) is 46.3 Å². The third-order valence-electron chi connectivity index (χ3n) is 4.86. The Morgan fingerprint density at radius 2 is 1.90 bits per heavy atom. The molecule has 0 bridgehead atoms. The molecule has 0 unspecified atom stereocenters. The van der Waals surface area contributed by atoms with Gasteiger partial charge in [-0.1, -0.05) is 38.3 Å². The van der Waals surface area contributed by atoms with E-state index < -0.39 is 0 Å². The molecular weight excluding hydrogens is 272 g/mol. The van der Waals surface area contributed by atoms with Crippen molar-refractivity contribution in [1.29, 1.82) is 0 Å². The van der Waals surface area contributed by atoms with Crippen LogP contribution in [0.4, 0.5) is 5.69 Å². The van der Waals surface area contributed by atoms with Crippen molar-refractivity contribution in [2.75, 3.05) is 18.8 Å². The molecule has 0 saturated carbocycles. The molecule has 20 heavy (non-hydrogen) atoms. The second-order valence-corrected chi connectivity index (χ2v) is 6.17. The van der Waals surface area contributed by atoms with Gasteiger partial charge in [0.25, 0.3) is 5.91 Å². The third kappa shape index (κ3) is 2.93. The highest BCUT2D eigenvalue weighted by molar-refractivity contribution is 6.31. The molecule has 1 aliphatic rings. The lowest BCUT2D eigenvalue weighted by Crippen LogP contribution is -2.43. The Morgan fingerprint density at radius 1 is 1.30 bits per heavy atom. The van der Waals surface area contributed by atoms with Gasteiger partial charge < -0.3 is 10.6 Å². The number of hydrogen-bond donors (Lipinski definition) is 1. The first-order chi connectivity index (χ1) is 9.51. The van der Waals surface area contributed by atoms with Crippen molar-refractivity contribution in [3.8, 4) is 0 Å². The zero-order valence-corrected chi connectivity index (χ0v) is 13.0. The molecule has 0 spiro atoms. The number of amides is 1. The van der Waals surface area contributed by atoms with Crippen LogP contribution >= 0.6 is 11.6 Å². The lowest BCUT2D eigenvalue weighted by Gasteiger charge is -2.41. The van der Waals surface area contributed by atoms with Crippen molar-refractivity contribution in [1.82, 2.24) is 4.90 Å². The van der Waals surface area contributed by atoms with Crippen LogP contribution in [0.2, 0.25) is 5.02 Å². The maximum absolute atomic E-state index is 12.5. The van der Waals surface area contributed by atoms with Crippen molar-refractivity contribution >= 4 is 23.2 Å². The summed E-state index contributed by atoms with van der Waals surface area (Å²) in [5.74, 6) is 0.0278. The largest absolute Gasteiger partial charge is 0.398 e. The molecule has 0 radical (unpaired) electrons. The van der Waals surface area contributed by atoms with Crippen molar-refractivity contribution < 1.29 is 4.79 Å². The van der Waals surface area contributed by atoms with Crippen LogP contribution in [-0.2, 0) is 0 Å². The first-order valence-corrected chi connectivity index (χ1v) is 7.73. The number of nitrogens with zero attached hydrogens (tertiary/aromatic N) is 1. The molecule has 3 nitrogen and oxygen atoms in total. The molecule has 4 heteroatoms. The number of nitrogen functional groups attached to an aromatic ring is 1. The molecule has 1 aliphatic heterocycles. The number of benzene rings is 1. The summed E-state index contributed by atoms with van der Waals surface area (Å²) in [7, 11) is 0. The molecular formula is C16H23ClN2O. The van der Waals surface area contributed by atoms with Crippen LogP contribution < -0.4 is 5.73 Å². The van der Waals surface area contributed by atoms with Crippen molar-refractivity contribution in [2.45, 2.75) is 39.5 Å². The van der Waals surface area contributed by atoms with Crippen LogP contribution in [0.1, 0.15) is 49.9 Å². The van der Waals surface area contributed by atoms with E-state index in [4.69, 9.17) is 17.3 Å². The summed E-state index contributed by atoms with van der Waals surface area (Å²) in [5.41, 5.74) is 7.35. The summed E-state index contributed by atoms with van der Waals surface area (Å²) >= 11 is 5.88. The van der Waals surface area contributed by atoms with Crippen LogP contribution in [0.25, 0.3) is 0 Å². The maximum atomic E-state index is 12.5. The predicted octanol–water partition coefficient (Wildman–Crippen LogP) is 3.96. The molecule has 1 aromatic rings. The second-order valence-electron chi connectivity index (χ2n) is 5.73. The highest BCUT2D eigenvalue weighted by Crippen LogP contribution is 2.38. The Bertz CT molecular complexity index is 487. The van der Waals surface area contributed by atoms with Crippen molar-refractivity contribution in [2.24, 2.45) is 5.41 Å². The monoisotopic (exact) mass is 294 g/mol. The van der Waals surface area contributed by atoms with Gasteiger partial charge in [0.1, 0.15) is 0 Å². The number of carbonyl (C=O) groups excluding carboxylic acids is 1. The summed E-state index contributed by atoms with van der Waals surface area (Å²) in [5, 5.41) is 0.564. The SMILES string of the molecule is CCC1(CC)CCN(C(=O)c2ccc(Cl)cc2N)CC1. The molecule has 1 fully saturated rings. The number of hydrogen-bond acceptors (Lipinski definition) is 2. The molecule has 0 aliphatic carbocycles. The normalized spacial score (nSPS) is 18.1. The first kappa shape index (κ1) is 15.2. The number of anilines is 1. The van der Waals surface area contributed by atoms with Gasteiger partial charge in [-0.15, -0.1) is 0 Å². The Morgan fingerprint density at radius 3 is 2.40 bits per heavy atom. The van der Waals surface area contributed by atoms with Gasteiger partial charge in [0.15, 0.2) is 0 Å². The number of rotatable bonds is 3. The fourth-order valence-corrected chi connectivity index (χ4v) is 3.22. The summed E-state index contributed by atoms with van der Waals surface area (Å²) in [6.07, 6.45) is 4.54. The van der Waals surface area contributed by atoms with E-state index in [0.29, 0.717) is 21.7 Å². The Kier molecular flexibility index (Phi) is 4.59. The average molecular weight is 295 g/mol. The Labute approximate surface area is 126 Å². The summed E-state index contributed by atoms with van der Waals surface area (Å²) in [4.78, 5) is 14.4. The third-order valence-corrected chi connectivity index (χ3v) is 5.09. The van der Waals surface area contributed by atoms with E-state index in [-0.39, 0.29) is 5.91 Å². The van der Waals surface area contributed by atoms with E-state index in [0.717, 1.165) is 25.9 Å². The maximum Gasteiger partial charge on any atom is 0.255 e. The van der Waals surface area contributed by atoms with E-state index >= 15 is 0 Å². The van der Waals surface area contributed by atoms with Gasteiger partial charge in [0.05, 0.1) is 5.56 Å². The molecule has 1 saturated heterocycles. The van der Waals surface area contributed by atoms with Crippen molar-refractivity contribution in [3.63, 3.8) is 0 Å². The Balaban J connectivity index is 2.09. The van der Waals surface area contributed by atoms with Crippen molar-refractivity contribution in [3.05, 3.63) is 28.8 Å². The molecule has 0 atom stereocenters. The molecule has 1 aromatic carbocycles. The highest BCUT2D eigenvalue weighted by atomic mass is 35.5. The first-order valence-electron chi connectivity index (χ1n) is 7.35. The lowest BCUT2D eigenvalue weighted by molar-refractivity contribution is 0.0559. The number of halogens is 1. The summed E-state index contributed by atoms with van der Waals surface area (Å²) in [6.45, 7) is 6.14. The van der Waals surface area contributed by atoms with Crippen LogP contribution in [0, 0.1) is 5.41 Å². The summed E-state index contributed by atoms with van der Waals surface area (Å²) in [6, 6.07) is 5.08. The van der Waals surface area contributed by atoms with Crippen LogP contribution in [0.15, 0.2) is 18.2 Å². The van der Waals surface area contributed by atoms with Gasteiger partial charge in [-0.05, 0) is 36.5 Å². The van der Waals surface area contributed by atoms with Gasteiger partial charge in [0, 0.05) is 23.8 Å². The number of carbonyl (C=O) groups is 1. The molecule has 110 valence electrons. The number of piperidine rings is 1. The van der Waals surface area contributed by atoms with E-state index in [2.05, 4.69) is 13.8 Å². The van der Waals surface area contributed by atoms with Crippen LogP contribution in [0.5, 0.6) is 0 Å². The fourth-order valence-electron chi connectivity index (χ4n) is 3.04. The zero-order valence-electron chi connectivity index (χ0n) is 12.3. The minimum absolute atomic E-state index is 0.0278. The molecule has 2 N–H and O–H groups in total. The second kappa shape index (κ2) is 6.04. The molecule has 1 amide bonds. The van der Waals surface area contributed by atoms with Gasteiger partial charge in [-0.2, -0.15) is 0 Å². The van der Waals surface area contributed by atoms with Gasteiger partial charge in [-0.3, -0.25) is 4.79 Å². The van der Waals surface area contributed by atoms with Gasteiger partial charge in [0.2, 0.25) is 0 Å². The van der Waals surface area contributed by atoms with E-state index in [1.165, 1.54) is 12.8 Å². The van der Waals surface area contributed by atoms with E-state index in [1.807, 2.05) is 4.90 Å². The minimum Gasteiger partial charge on any atom is -0.398 e. The summed E-state index contributed by atoms with van der Waals surface area (Å²) < 4.78 is 0. The van der Waals surface area contributed by atoms with E-state index in [9.17, 15) is 4.79 Å². The highest BCUT2D eigenvalue weighted by Gasteiger charge is 2.33. The average Bonchev–Trinajstić information content (AvgIpc) is 2.47. The number of likely N-dealkylation sites (tertiary alicyclic amines) is 1. The molecule has 2 rings (SSSR count). The quantitative estimate of drug-likeness (QED) is 0.858. The standard InChI is InChI=1S/C16H23ClN2O/c1-3-16(4-2)7-9-19(10-8-16)15(20)13-6-5-12(17)11-14(13)18/h5-6,11H,3-4,7-10,18H2,1-2H3. The fraction of sp³-hybridized carbons (Fsp3) is 0.562. The minimum atomic E-state index is 0.0278. The van der Waals surface area contributed by atoms with Gasteiger partial charge in [-0.25, -0.2) is 0 Å². The molecule has 1 heterocycles. The smallest absolute Gasteiger partial charge is 0.255 e. The predicted molar refractivity (Wildman–Crippen MR) is 84.0 cm³/mol. The lowest BCUT2D eigenvalue weighted by atomic mass is 9.74. The number of nitrogens with two attached hydrogens (primary N) is 1. The van der Waals surface area contributed by atoms with Crippen LogP contribution in [0.3, 0.4) is 0 Å². The molecule has 0 aromatic heterocycles. The Hall–Kier alpha value is -1.22. The zero-order chi connectivity index (χ0) is 14.8. The van der Waals surface area contributed by atoms with Crippen LogP contribution in [-0.4, -0.2) is 23.9 Å². The van der Waals surface area contributed by atoms with E-state index in [1.54, 1.807) is 18.2 Å². The van der Waals surface area contributed by atoms with Gasteiger partial charge >= 0.3 is 0 Å².